The van der Waals surface area contributed by atoms with E-state index < -0.39 is 13.0 Å². The highest BCUT2D eigenvalue weighted by molar-refractivity contribution is 6.04. The van der Waals surface area contributed by atoms with Gasteiger partial charge in [-0.15, -0.1) is 0 Å². The monoisotopic (exact) mass is 293 g/mol. The summed E-state index contributed by atoms with van der Waals surface area (Å²) in [5, 5.41) is 2.57. The first-order valence-electron chi connectivity index (χ1n) is 6.17. The normalized spacial score (nSPS) is 10.5. The summed E-state index contributed by atoms with van der Waals surface area (Å²) in [7, 11) is 0. The van der Waals surface area contributed by atoms with Gasteiger partial charge in [-0.2, -0.15) is 4.98 Å². The zero-order valence-electron chi connectivity index (χ0n) is 11.2. The number of ether oxygens (including phenoxy) is 1. The van der Waals surface area contributed by atoms with Crippen LogP contribution in [0.3, 0.4) is 0 Å². The third-order valence-electron chi connectivity index (χ3n) is 2.57. The maximum absolute atomic E-state index is 12.1. The Balaban J connectivity index is 2.07. The van der Waals surface area contributed by atoms with Crippen molar-refractivity contribution in [3.8, 4) is 5.88 Å². The van der Waals surface area contributed by atoms with Gasteiger partial charge in [-0.25, -0.2) is 8.78 Å². The van der Waals surface area contributed by atoms with Gasteiger partial charge in [0.2, 0.25) is 5.88 Å². The molecular weight excluding hydrogens is 280 g/mol. The molecule has 0 aromatic carbocycles. The first kappa shape index (κ1) is 14.8. The minimum atomic E-state index is -2.58. The second-order valence-corrected chi connectivity index (χ2v) is 4.15. The molecule has 0 aliphatic carbocycles. The van der Waals surface area contributed by atoms with E-state index in [-0.39, 0.29) is 17.6 Å². The predicted molar refractivity (Wildman–Crippen MR) is 72.7 cm³/mol. The largest absolute Gasteiger partial charge is 0.472 e. The quantitative estimate of drug-likeness (QED) is 0.920. The lowest BCUT2D eigenvalue weighted by molar-refractivity contribution is 0.0796. The number of aryl methyl sites for hydroxylation is 1. The first-order valence-corrected chi connectivity index (χ1v) is 6.17. The Morgan fingerprint density at radius 3 is 2.86 bits per heavy atom. The van der Waals surface area contributed by atoms with Gasteiger partial charge in [0.1, 0.15) is 5.82 Å². The summed E-state index contributed by atoms with van der Waals surface area (Å²) in [4.78, 5) is 20.0. The van der Waals surface area contributed by atoms with Gasteiger partial charge in [-0.05, 0) is 25.1 Å². The third-order valence-corrected chi connectivity index (χ3v) is 2.57. The lowest BCUT2D eigenvalue weighted by Crippen LogP contribution is -2.15. The molecule has 1 N–H and O–H groups in total. The van der Waals surface area contributed by atoms with Crippen LogP contribution in [0.25, 0.3) is 0 Å². The highest BCUT2D eigenvalue weighted by atomic mass is 19.3. The van der Waals surface area contributed by atoms with E-state index in [2.05, 4.69) is 15.3 Å². The SMILES string of the molecule is Cc1ncccc1C(=O)Nc1cccc(OCC(F)F)n1. The number of alkyl halides is 2. The molecule has 0 aliphatic rings. The number of carbonyl (C=O) groups excluding carboxylic acids is 1. The van der Waals surface area contributed by atoms with Crippen molar-refractivity contribution >= 4 is 11.7 Å². The predicted octanol–water partition coefficient (Wildman–Crippen LogP) is 2.68. The Morgan fingerprint density at radius 2 is 2.14 bits per heavy atom. The topological polar surface area (TPSA) is 64.1 Å². The van der Waals surface area contributed by atoms with E-state index in [1.54, 1.807) is 37.4 Å². The van der Waals surface area contributed by atoms with Crippen molar-refractivity contribution < 1.29 is 18.3 Å². The summed E-state index contributed by atoms with van der Waals surface area (Å²) < 4.78 is 28.9. The molecule has 0 bridgehead atoms. The number of pyridine rings is 2. The lowest BCUT2D eigenvalue weighted by Gasteiger charge is -2.08. The Bertz CT molecular complexity index is 635. The number of anilines is 1. The average Bonchev–Trinajstić information content (AvgIpc) is 2.46. The zero-order valence-corrected chi connectivity index (χ0v) is 11.2. The van der Waals surface area contributed by atoms with Crippen LogP contribution in [0, 0.1) is 6.92 Å². The van der Waals surface area contributed by atoms with Crippen LogP contribution >= 0.6 is 0 Å². The van der Waals surface area contributed by atoms with Crippen molar-refractivity contribution in [3.63, 3.8) is 0 Å². The highest BCUT2D eigenvalue weighted by Crippen LogP contribution is 2.14. The van der Waals surface area contributed by atoms with Crippen LogP contribution in [0.15, 0.2) is 36.5 Å². The molecule has 0 saturated carbocycles. The van der Waals surface area contributed by atoms with Gasteiger partial charge in [-0.3, -0.25) is 9.78 Å². The van der Waals surface area contributed by atoms with Crippen LogP contribution < -0.4 is 10.1 Å². The molecule has 2 rings (SSSR count). The summed E-state index contributed by atoms with van der Waals surface area (Å²) in [5.74, 6) is -0.134. The Morgan fingerprint density at radius 1 is 1.33 bits per heavy atom. The van der Waals surface area contributed by atoms with E-state index in [1.807, 2.05) is 0 Å². The second-order valence-electron chi connectivity index (χ2n) is 4.15. The number of halogens is 2. The van der Waals surface area contributed by atoms with E-state index >= 15 is 0 Å². The molecule has 1 amide bonds. The molecule has 0 unspecified atom stereocenters. The molecule has 110 valence electrons. The summed E-state index contributed by atoms with van der Waals surface area (Å²) in [6.45, 7) is 0.969. The molecule has 0 spiro atoms. The first-order chi connectivity index (χ1) is 10.1. The number of nitrogens with zero attached hydrogens (tertiary/aromatic N) is 2. The number of hydrogen-bond donors (Lipinski definition) is 1. The van der Waals surface area contributed by atoms with Crippen molar-refractivity contribution in [1.82, 2.24) is 9.97 Å². The van der Waals surface area contributed by atoms with E-state index in [9.17, 15) is 13.6 Å². The maximum Gasteiger partial charge on any atom is 0.272 e. The number of hydrogen-bond acceptors (Lipinski definition) is 4. The summed E-state index contributed by atoms with van der Waals surface area (Å²) >= 11 is 0. The van der Waals surface area contributed by atoms with Crippen molar-refractivity contribution in [2.75, 3.05) is 11.9 Å². The van der Waals surface area contributed by atoms with Crippen LogP contribution in [0.2, 0.25) is 0 Å². The fourth-order valence-electron chi connectivity index (χ4n) is 1.62. The van der Waals surface area contributed by atoms with E-state index in [0.29, 0.717) is 11.3 Å². The molecule has 7 heteroatoms. The zero-order chi connectivity index (χ0) is 15.2. The van der Waals surface area contributed by atoms with E-state index in [1.165, 1.54) is 6.07 Å². The van der Waals surface area contributed by atoms with Crippen molar-refractivity contribution in [1.29, 1.82) is 0 Å². The molecule has 5 nitrogen and oxygen atoms in total. The van der Waals surface area contributed by atoms with Gasteiger partial charge >= 0.3 is 0 Å². The van der Waals surface area contributed by atoms with Crippen molar-refractivity contribution in [2.45, 2.75) is 13.3 Å². The Hall–Kier alpha value is -2.57. The van der Waals surface area contributed by atoms with Gasteiger partial charge in [-0.1, -0.05) is 6.07 Å². The summed E-state index contributed by atoms with van der Waals surface area (Å²) in [6.07, 6.45) is -0.994. The van der Waals surface area contributed by atoms with Crippen LogP contribution in [-0.2, 0) is 0 Å². The van der Waals surface area contributed by atoms with Gasteiger partial charge in [0.05, 0.1) is 5.56 Å². The molecule has 0 aliphatic heterocycles. The number of amides is 1. The molecule has 2 aromatic rings. The third kappa shape index (κ3) is 4.20. The van der Waals surface area contributed by atoms with Gasteiger partial charge in [0, 0.05) is 18.0 Å². The number of carbonyl (C=O) groups is 1. The number of rotatable bonds is 5. The van der Waals surface area contributed by atoms with Gasteiger partial charge in [0.15, 0.2) is 6.61 Å². The van der Waals surface area contributed by atoms with Gasteiger partial charge in [0.25, 0.3) is 12.3 Å². The molecule has 0 saturated heterocycles. The van der Waals surface area contributed by atoms with Gasteiger partial charge < -0.3 is 10.1 Å². The van der Waals surface area contributed by atoms with Crippen LogP contribution in [-0.4, -0.2) is 28.9 Å². The van der Waals surface area contributed by atoms with Crippen LogP contribution in [0.5, 0.6) is 5.88 Å². The average molecular weight is 293 g/mol. The Labute approximate surface area is 120 Å². The maximum atomic E-state index is 12.1. The van der Waals surface area contributed by atoms with Crippen LogP contribution in [0.1, 0.15) is 16.1 Å². The molecule has 0 fully saturated rings. The molecule has 0 radical (unpaired) electrons. The highest BCUT2D eigenvalue weighted by Gasteiger charge is 2.11. The standard InChI is InChI=1S/C14H13F2N3O2/c1-9-10(4-3-7-17-9)14(20)19-12-5-2-6-13(18-12)21-8-11(15)16/h2-7,11H,8H2,1H3,(H,18,19,20). The lowest BCUT2D eigenvalue weighted by atomic mass is 10.2. The molecule has 21 heavy (non-hydrogen) atoms. The second kappa shape index (κ2) is 6.74. The number of aromatic nitrogens is 2. The molecule has 2 aromatic heterocycles. The molecular formula is C14H13F2N3O2. The number of nitrogens with one attached hydrogen (secondary N) is 1. The summed E-state index contributed by atoms with van der Waals surface area (Å²) in [6, 6.07) is 7.82. The minimum Gasteiger partial charge on any atom is -0.472 e. The van der Waals surface area contributed by atoms with E-state index in [0.717, 1.165) is 0 Å². The fraction of sp³-hybridized carbons (Fsp3) is 0.214. The minimum absolute atomic E-state index is 0.0241. The van der Waals surface area contributed by atoms with E-state index in [4.69, 9.17) is 4.74 Å². The fourth-order valence-corrected chi connectivity index (χ4v) is 1.62. The Kier molecular flexibility index (Phi) is 4.76. The van der Waals surface area contributed by atoms with Crippen molar-refractivity contribution in [3.05, 3.63) is 47.8 Å². The molecule has 0 atom stereocenters. The molecule has 2 heterocycles. The smallest absolute Gasteiger partial charge is 0.272 e. The van der Waals surface area contributed by atoms with Crippen molar-refractivity contribution in [2.24, 2.45) is 0 Å². The van der Waals surface area contributed by atoms with Crippen LogP contribution in [0.4, 0.5) is 14.6 Å². The summed E-state index contributed by atoms with van der Waals surface area (Å²) in [5.41, 5.74) is 0.998.